The van der Waals surface area contributed by atoms with E-state index in [0.717, 1.165) is 17.4 Å². The van der Waals surface area contributed by atoms with Gasteiger partial charge in [-0.1, -0.05) is 60.7 Å². The molecule has 23 heteroatoms. The number of piperazine rings is 1. The molecule has 0 aromatic heterocycles. The predicted molar refractivity (Wildman–Crippen MR) is 252 cm³/mol. The van der Waals surface area contributed by atoms with E-state index < -0.39 is 52.7 Å². The molecule has 22 nitrogen and oxygen atoms in total. The van der Waals surface area contributed by atoms with Gasteiger partial charge in [0.15, 0.2) is 0 Å². The number of ether oxygens (including phenoxy) is 5. The number of anilines is 2. The fourth-order valence-electron chi connectivity index (χ4n) is 7.06. The molecule has 370 valence electrons. The van der Waals surface area contributed by atoms with E-state index >= 15 is 0 Å². The molecular weight excluding hydrogens is 933 g/mol. The smallest absolute Gasteiger partial charge is 0.414 e. The van der Waals surface area contributed by atoms with Crippen molar-refractivity contribution < 1.29 is 65.1 Å². The fraction of sp³-hybridized carbons (Fsp3) is 0.319. The lowest BCUT2D eigenvalue weighted by Gasteiger charge is -2.34. The van der Waals surface area contributed by atoms with Crippen LogP contribution in [0.3, 0.4) is 0 Å². The maximum atomic E-state index is 12.5. The molecule has 3 saturated heterocycles. The van der Waals surface area contributed by atoms with Crippen molar-refractivity contribution in [3.8, 4) is 0 Å². The van der Waals surface area contributed by atoms with Gasteiger partial charge in [0.2, 0.25) is 5.91 Å². The van der Waals surface area contributed by atoms with Gasteiger partial charge in [0.25, 0.3) is 10.1 Å². The highest BCUT2D eigenvalue weighted by Gasteiger charge is 2.36. The Balaban J connectivity index is 0.000000236. The minimum Gasteiger partial charge on any atom is -0.465 e. The van der Waals surface area contributed by atoms with Crippen LogP contribution in [0.2, 0.25) is 0 Å². The number of benzene rings is 4. The molecule has 0 bridgehead atoms. The topological polar surface area (TPSA) is 277 Å². The number of amidine groups is 2. The van der Waals surface area contributed by atoms with Gasteiger partial charge in [0.1, 0.15) is 50.2 Å². The Bertz CT molecular complexity index is 2620. The maximum Gasteiger partial charge on any atom is 0.414 e. The highest BCUT2D eigenvalue weighted by Crippen LogP contribution is 2.24. The summed E-state index contributed by atoms with van der Waals surface area (Å²) < 4.78 is 52.6. The van der Waals surface area contributed by atoms with Crippen molar-refractivity contribution in [2.24, 2.45) is 0 Å². The normalized spacial score (nSPS) is 16.8. The zero-order chi connectivity index (χ0) is 50.2. The number of nitrogens with zero attached hydrogens (tertiary/aromatic N) is 4. The lowest BCUT2D eigenvalue weighted by Crippen LogP contribution is -2.53. The molecule has 0 saturated carbocycles. The lowest BCUT2D eigenvalue weighted by molar-refractivity contribution is -0.151. The molecule has 2 unspecified atom stereocenters. The van der Waals surface area contributed by atoms with Crippen LogP contribution < -0.4 is 20.4 Å². The maximum absolute atomic E-state index is 12.5. The summed E-state index contributed by atoms with van der Waals surface area (Å²) in [5.74, 6) is -0.896. The van der Waals surface area contributed by atoms with Gasteiger partial charge in [0, 0.05) is 42.1 Å². The van der Waals surface area contributed by atoms with Crippen LogP contribution in [0.4, 0.5) is 30.6 Å². The molecule has 2 atom stereocenters. The SMILES string of the molecule is CCOC(=O)CN1CCN(CC2CN(c3ccc(C(=N)NC(=O)OCc4ccccc4)cc3)C(=O)O2)CC1=O.CS(=O)(=O)OCC1CN(c2ccc(C(=N)NC(=O)OCc3ccccc3)cc2)C(=O)O1. The monoisotopic (exact) mass is 984 g/mol. The third-order valence-electron chi connectivity index (χ3n) is 10.5. The van der Waals surface area contributed by atoms with Crippen molar-refractivity contribution in [3.05, 3.63) is 131 Å². The van der Waals surface area contributed by atoms with Gasteiger partial charge < -0.3 is 28.6 Å². The molecule has 0 aliphatic carbocycles. The second-order valence-electron chi connectivity index (χ2n) is 15.8. The van der Waals surface area contributed by atoms with Crippen LogP contribution in [0.25, 0.3) is 0 Å². The van der Waals surface area contributed by atoms with Gasteiger partial charge >= 0.3 is 30.3 Å². The van der Waals surface area contributed by atoms with Crippen molar-refractivity contribution in [3.63, 3.8) is 0 Å². The summed E-state index contributed by atoms with van der Waals surface area (Å²) in [4.78, 5) is 78.8. The minimum atomic E-state index is -3.63. The molecule has 3 aliphatic rings. The molecule has 0 spiro atoms. The van der Waals surface area contributed by atoms with E-state index in [-0.39, 0.29) is 63.6 Å². The molecule has 7 rings (SSSR count). The number of carbonyl (C=O) groups excluding carboxylic acids is 6. The third kappa shape index (κ3) is 15.6. The Morgan fingerprint density at radius 1 is 0.671 bits per heavy atom. The van der Waals surface area contributed by atoms with Crippen LogP contribution in [-0.2, 0) is 60.8 Å². The quantitative estimate of drug-likeness (QED) is 0.0402. The third-order valence-corrected chi connectivity index (χ3v) is 11.1. The van der Waals surface area contributed by atoms with Crippen molar-refractivity contribution in [1.82, 2.24) is 20.4 Å². The number of esters is 1. The van der Waals surface area contributed by atoms with Crippen LogP contribution in [0.15, 0.2) is 109 Å². The molecule has 5 amide bonds. The standard InChI is InChI=1S/C27H31N5O7.C20H21N3O7S/c1-2-37-24(34)17-31-13-12-30(16-23(31)33)14-22-15-32(27(36)39-22)21-10-8-20(9-11-21)25(28)29-26(35)38-18-19-6-4-3-5-7-19;1-31(26,27)29-13-17-11-23(20(25)30-17)16-9-7-15(8-10-16)18(21)22-19(24)28-12-14-5-3-2-4-6-14/h3-11,22H,2,12-18H2,1H3,(H2,28,29,35);2-10,17H,11-13H2,1H3,(H2,21,22,24). The number of cyclic esters (lactones) is 2. The molecule has 4 N–H and O–H groups in total. The average Bonchev–Trinajstić information content (AvgIpc) is 3.91. The van der Waals surface area contributed by atoms with Gasteiger partial charge in [-0.05, 0) is 66.6 Å². The molecule has 4 aromatic carbocycles. The number of amides is 5. The van der Waals surface area contributed by atoms with E-state index in [2.05, 4.69) is 14.8 Å². The van der Waals surface area contributed by atoms with Crippen molar-refractivity contribution in [1.29, 1.82) is 10.8 Å². The second kappa shape index (κ2) is 24.4. The summed E-state index contributed by atoms with van der Waals surface area (Å²) in [7, 11) is -3.63. The van der Waals surface area contributed by atoms with E-state index in [1.807, 2.05) is 65.6 Å². The van der Waals surface area contributed by atoms with E-state index in [1.54, 1.807) is 55.5 Å². The van der Waals surface area contributed by atoms with Gasteiger partial charge in [0.05, 0.1) is 32.5 Å². The number of nitrogens with one attached hydrogen (secondary N) is 4. The van der Waals surface area contributed by atoms with E-state index in [0.29, 0.717) is 48.7 Å². The van der Waals surface area contributed by atoms with E-state index in [1.165, 1.54) is 14.7 Å². The Morgan fingerprint density at radius 3 is 1.60 bits per heavy atom. The second-order valence-corrected chi connectivity index (χ2v) is 17.4. The van der Waals surface area contributed by atoms with Crippen molar-refractivity contribution in [2.75, 3.05) is 75.1 Å². The summed E-state index contributed by atoms with van der Waals surface area (Å²) in [6.07, 6.45) is -2.86. The van der Waals surface area contributed by atoms with Gasteiger partial charge in [-0.3, -0.25) is 49.9 Å². The molecule has 3 aliphatic heterocycles. The van der Waals surface area contributed by atoms with Crippen LogP contribution in [0.5, 0.6) is 0 Å². The van der Waals surface area contributed by atoms with Gasteiger partial charge in [-0.2, -0.15) is 8.42 Å². The first kappa shape index (κ1) is 51.5. The first-order valence-electron chi connectivity index (χ1n) is 21.8. The minimum absolute atomic E-state index is 0.0649. The summed E-state index contributed by atoms with van der Waals surface area (Å²) in [6.45, 7) is 3.71. The van der Waals surface area contributed by atoms with Crippen molar-refractivity contribution >= 4 is 69.4 Å². The van der Waals surface area contributed by atoms with Crippen molar-refractivity contribution in [2.45, 2.75) is 32.3 Å². The van der Waals surface area contributed by atoms with Crippen LogP contribution >= 0.6 is 0 Å². The fourth-order valence-corrected chi connectivity index (χ4v) is 7.46. The molecule has 0 radical (unpaired) electrons. The Morgan fingerprint density at radius 2 is 1.14 bits per heavy atom. The molecule has 3 heterocycles. The van der Waals surface area contributed by atoms with Crippen LogP contribution in [0, 0.1) is 10.8 Å². The highest BCUT2D eigenvalue weighted by atomic mass is 32.2. The van der Waals surface area contributed by atoms with Crippen LogP contribution in [-0.4, -0.2) is 144 Å². The summed E-state index contributed by atoms with van der Waals surface area (Å²) in [5, 5.41) is 20.9. The Labute approximate surface area is 403 Å². The number of hydrogen-bond acceptors (Lipinski definition) is 17. The number of hydrogen-bond donors (Lipinski definition) is 4. The molecule has 70 heavy (non-hydrogen) atoms. The molecular formula is C47H52N8O14S. The van der Waals surface area contributed by atoms with E-state index in [9.17, 15) is 37.2 Å². The summed E-state index contributed by atoms with van der Waals surface area (Å²) >= 11 is 0. The number of alkyl carbamates (subject to hydrolysis) is 2. The summed E-state index contributed by atoms with van der Waals surface area (Å²) in [6, 6.07) is 31.2. The number of rotatable bonds is 16. The average molecular weight is 985 g/mol. The molecule has 3 fully saturated rings. The Kier molecular flexibility index (Phi) is 18.0. The zero-order valence-corrected chi connectivity index (χ0v) is 39.1. The van der Waals surface area contributed by atoms with E-state index in [4.69, 9.17) is 34.5 Å². The highest BCUT2D eigenvalue weighted by molar-refractivity contribution is 7.86. The lowest BCUT2D eigenvalue weighted by atomic mass is 10.1. The van der Waals surface area contributed by atoms with Crippen LogP contribution in [0.1, 0.15) is 29.2 Å². The Hall–Kier alpha value is -7.89. The first-order valence-corrected chi connectivity index (χ1v) is 23.6. The largest absolute Gasteiger partial charge is 0.465 e. The first-order chi connectivity index (χ1) is 33.5. The van der Waals surface area contributed by atoms with Gasteiger partial charge in [-0.15, -0.1) is 0 Å². The summed E-state index contributed by atoms with van der Waals surface area (Å²) in [5.41, 5.74) is 3.59. The zero-order valence-electron chi connectivity index (χ0n) is 38.2. The predicted octanol–water partition coefficient (Wildman–Crippen LogP) is 4.21. The molecule has 4 aromatic rings. The number of carbonyl (C=O) groups is 6. The van der Waals surface area contributed by atoms with Gasteiger partial charge in [-0.25, -0.2) is 19.2 Å².